The van der Waals surface area contributed by atoms with Crippen molar-refractivity contribution >= 4 is 70.7 Å². The highest BCUT2D eigenvalue weighted by Gasteiger charge is 2.40. The predicted molar refractivity (Wildman–Crippen MR) is 242 cm³/mol. The number of anilines is 5. The number of fused-ring (bicyclic) bond motifs is 1. The summed E-state index contributed by atoms with van der Waals surface area (Å²) in [5, 5.41) is 23.1. The Morgan fingerprint density at radius 3 is 2.48 bits per heavy atom. The molecule has 4 aliphatic rings. The number of piperazine rings is 1. The number of hydrogen-bond acceptors (Lipinski definition) is 14. The number of imide groups is 1. The van der Waals surface area contributed by atoms with Crippen LogP contribution in [0.25, 0.3) is 0 Å². The predicted octanol–water partition coefficient (Wildman–Crippen LogP) is 4.71. The topological polar surface area (TPSA) is 189 Å². The number of aromatic nitrogens is 3. The summed E-state index contributed by atoms with van der Waals surface area (Å²) < 4.78 is 25.7. The molecule has 0 aliphatic carbocycles. The number of carbonyl (C=O) groups excluding carboxylic acids is 3. The van der Waals surface area contributed by atoms with Crippen LogP contribution in [0.15, 0.2) is 60.9 Å². The Labute approximate surface area is 372 Å². The van der Waals surface area contributed by atoms with Gasteiger partial charge < -0.3 is 39.7 Å². The maximum absolute atomic E-state index is 13.5. The van der Waals surface area contributed by atoms with E-state index in [9.17, 15) is 24.2 Å². The van der Waals surface area contributed by atoms with Crippen LogP contribution in [0.1, 0.15) is 54.4 Å². The van der Waals surface area contributed by atoms with Gasteiger partial charge in [-0.05, 0) is 63.4 Å². The van der Waals surface area contributed by atoms with Crippen molar-refractivity contribution in [3.05, 3.63) is 82.3 Å². The van der Waals surface area contributed by atoms with E-state index in [4.69, 9.17) is 21.1 Å². The summed E-state index contributed by atoms with van der Waals surface area (Å²) >= 11 is 6.46. The average Bonchev–Trinajstić information content (AvgIpc) is 3.61. The first-order chi connectivity index (χ1) is 30.4. The number of ether oxygens (including phenoxy) is 2. The van der Waals surface area contributed by atoms with Crippen LogP contribution in [0, 0.1) is 5.21 Å². The Balaban J connectivity index is 0.777. The number of carbonyl (C=O) groups is 3. The summed E-state index contributed by atoms with van der Waals surface area (Å²) in [6.45, 7) is 10.7. The van der Waals surface area contributed by atoms with Crippen molar-refractivity contribution in [3.8, 4) is 11.5 Å². The summed E-state index contributed by atoms with van der Waals surface area (Å²) in [5.74, 6) is 1.26. The van der Waals surface area contributed by atoms with E-state index in [0.717, 1.165) is 81.8 Å². The lowest BCUT2D eigenvalue weighted by Crippen LogP contribution is -2.54. The normalized spacial score (nSPS) is 18.9. The van der Waals surface area contributed by atoms with Gasteiger partial charge >= 0.3 is 0 Å². The van der Waals surface area contributed by atoms with Crippen molar-refractivity contribution in [1.29, 1.82) is 0 Å². The first-order valence-electron chi connectivity index (χ1n) is 21.5. The molecule has 0 saturated carbocycles. The zero-order valence-corrected chi connectivity index (χ0v) is 37.5. The molecular formula is C44H54ClN10O7P. The van der Waals surface area contributed by atoms with Gasteiger partial charge in [-0.15, -0.1) is 0 Å². The lowest BCUT2D eigenvalue weighted by molar-refractivity contribution is -0.591. The van der Waals surface area contributed by atoms with Gasteiger partial charge in [0.1, 0.15) is 35.8 Å². The maximum Gasteiger partial charge on any atom is 0.283 e. The van der Waals surface area contributed by atoms with Crippen LogP contribution in [0.3, 0.4) is 0 Å². The van der Waals surface area contributed by atoms with E-state index >= 15 is 0 Å². The molecule has 63 heavy (non-hydrogen) atoms. The summed E-state index contributed by atoms with van der Waals surface area (Å²) in [5.41, 5.74) is 2.39. The molecule has 0 spiro atoms. The van der Waals surface area contributed by atoms with E-state index in [2.05, 4.69) is 40.6 Å². The molecule has 19 heteroatoms. The van der Waals surface area contributed by atoms with Crippen molar-refractivity contribution in [2.75, 3.05) is 88.4 Å². The second kappa shape index (κ2) is 19.1. The quantitative estimate of drug-likeness (QED) is 0.0489. The Morgan fingerprint density at radius 1 is 0.952 bits per heavy atom. The fraction of sp³-hybridized carbons (Fsp3) is 0.455. The number of hydrogen-bond donors (Lipinski definition) is 3. The SMILES string of the molecule is COc1cc(N2CCC(N3CCN(CCCCOc4cccc5c4CN(C4CCC(=O)NC4=O)C5=O)CC3)CC2)[n+]([O-])cc1Nc1ncc(Cl)c(Nc2ccccc2P(C)(C)=O)n1. The smallest absolute Gasteiger partial charge is 0.283 e. The van der Waals surface area contributed by atoms with Crippen molar-refractivity contribution in [1.82, 2.24) is 30.0 Å². The molecule has 3 N–H and O–H groups in total. The van der Waals surface area contributed by atoms with Gasteiger partial charge in [-0.25, -0.2) is 9.71 Å². The third kappa shape index (κ3) is 10.0. The molecule has 6 heterocycles. The fourth-order valence-corrected chi connectivity index (χ4v) is 10.2. The molecular weight excluding hydrogens is 847 g/mol. The van der Waals surface area contributed by atoms with Gasteiger partial charge in [0.15, 0.2) is 11.6 Å². The highest BCUT2D eigenvalue weighted by molar-refractivity contribution is 7.70. The minimum absolute atomic E-state index is 0.199. The number of unbranched alkanes of at least 4 members (excludes halogenated alkanes) is 1. The Hall–Kier alpha value is -5.48. The minimum Gasteiger partial charge on any atom is -0.711 e. The second-order valence-corrected chi connectivity index (χ2v) is 20.4. The summed E-state index contributed by atoms with van der Waals surface area (Å²) in [7, 11) is -1.03. The highest BCUT2D eigenvalue weighted by atomic mass is 35.5. The molecule has 3 saturated heterocycles. The van der Waals surface area contributed by atoms with Crippen molar-refractivity contribution in [2.45, 2.75) is 57.2 Å². The lowest BCUT2D eigenvalue weighted by Gasteiger charge is -2.41. The average molecular weight is 901 g/mol. The summed E-state index contributed by atoms with van der Waals surface area (Å²) in [4.78, 5) is 54.9. The van der Waals surface area contributed by atoms with Crippen LogP contribution in [-0.4, -0.2) is 127 Å². The Kier molecular flexibility index (Phi) is 13.4. The highest BCUT2D eigenvalue weighted by Crippen LogP contribution is 2.39. The van der Waals surface area contributed by atoms with Gasteiger partial charge in [0.25, 0.3) is 11.7 Å². The number of rotatable bonds is 15. The number of nitrogens with zero attached hydrogens (tertiary/aromatic N) is 7. The third-order valence-corrected chi connectivity index (χ3v) is 14.1. The van der Waals surface area contributed by atoms with E-state index < -0.39 is 19.1 Å². The first-order valence-corrected chi connectivity index (χ1v) is 24.5. The molecule has 1 unspecified atom stereocenters. The molecule has 4 aromatic rings. The zero-order chi connectivity index (χ0) is 44.3. The monoisotopic (exact) mass is 900 g/mol. The minimum atomic E-state index is -2.59. The molecule has 8 rings (SSSR count). The number of benzene rings is 2. The molecule has 1 atom stereocenters. The number of halogens is 1. The van der Waals surface area contributed by atoms with Gasteiger partial charge in [0.05, 0.1) is 51.3 Å². The van der Waals surface area contributed by atoms with Gasteiger partial charge in [-0.1, -0.05) is 29.8 Å². The van der Waals surface area contributed by atoms with E-state index in [1.807, 2.05) is 36.4 Å². The van der Waals surface area contributed by atoms with Crippen LogP contribution in [0.5, 0.6) is 11.5 Å². The molecule has 0 radical (unpaired) electrons. The number of pyridine rings is 1. The number of methoxy groups -OCH3 is 1. The Morgan fingerprint density at radius 2 is 1.73 bits per heavy atom. The molecule has 334 valence electrons. The van der Waals surface area contributed by atoms with E-state index in [-0.39, 0.29) is 29.2 Å². The van der Waals surface area contributed by atoms with Crippen LogP contribution in [0.4, 0.5) is 29.0 Å². The zero-order valence-electron chi connectivity index (χ0n) is 35.8. The van der Waals surface area contributed by atoms with Crippen molar-refractivity contribution in [3.63, 3.8) is 0 Å². The van der Waals surface area contributed by atoms with Gasteiger partial charge in [-0.3, -0.25) is 29.5 Å². The molecule has 4 aliphatic heterocycles. The van der Waals surface area contributed by atoms with E-state index in [1.165, 1.54) is 12.4 Å². The number of amides is 3. The van der Waals surface area contributed by atoms with Gasteiger partial charge in [0.2, 0.25) is 17.8 Å². The number of nitrogens with one attached hydrogen (secondary N) is 3. The van der Waals surface area contributed by atoms with Crippen LogP contribution >= 0.6 is 18.7 Å². The molecule has 2 aromatic heterocycles. The maximum atomic E-state index is 13.5. The number of piperidine rings is 2. The van der Waals surface area contributed by atoms with Crippen molar-refractivity contribution in [2.24, 2.45) is 0 Å². The summed E-state index contributed by atoms with van der Waals surface area (Å²) in [6.07, 6.45) is 7.20. The van der Waals surface area contributed by atoms with E-state index in [1.54, 1.807) is 37.5 Å². The van der Waals surface area contributed by atoms with Crippen molar-refractivity contribution < 1.29 is 33.2 Å². The van der Waals surface area contributed by atoms with Gasteiger partial charge in [-0.2, -0.15) is 4.98 Å². The largest absolute Gasteiger partial charge is 0.711 e. The Bertz CT molecular complexity index is 2400. The molecule has 3 fully saturated rings. The standard InChI is InChI=1S/C44H54ClN10O7P/c1-61-37-25-40(55(59)28-34(37)48-44-46-26-32(45)41(50-44)47-33-10-4-5-12-38(33)63(2,3)60)53-18-15-29(16-19-53)52-22-20-51(21-23-52)17-6-7-24-62-36-11-8-9-30-31(36)27-54(43(30)58)35-13-14-39(56)49-42(35)57/h4-5,8-12,25-26,28-29,35H,6-7,13-24,27H2,1-3H3,(H,49,56,57)(H2,46,47,48,50). The molecule has 3 amide bonds. The van der Waals surface area contributed by atoms with Crippen LogP contribution < -0.4 is 40.4 Å². The fourth-order valence-electron chi connectivity index (χ4n) is 8.94. The van der Waals surface area contributed by atoms with Crippen LogP contribution in [0.2, 0.25) is 5.02 Å². The summed E-state index contributed by atoms with van der Waals surface area (Å²) in [6, 6.07) is 14.3. The lowest BCUT2D eigenvalue weighted by atomic mass is 10.0. The third-order valence-electron chi connectivity index (χ3n) is 12.3. The number of para-hydroxylation sites is 1. The van der Waals surface area contributed by atoms with E-state index in [0.29, 0.717) is 71.0 Å². The molecule has 0 bridgehead atoms. The van der Waals surface area contributed by atoms with Crippen LogP contribution in [-0.2, 0) is 20.7 Å². The second-order valence-electron chi connectivity index (χ2n) is 16.8. The molecule has 2 aromatic carbocycles. The molecule has 17 nitrogen and oxygen atoms in total. The van der Waals surface area contributed by atoms with Gasteiger partial charge in [0, 0.05) is 67.9 Å². The first kappa shape index (κ1) is 44.1.